The summed E-state index contributed by atoms with van der Waals surface area (Å²) in [6.45, 7) is 3.99. The maximum Gasteiger partial charge on any atom is 0.319 e. The van der Waals surface area contributed by atoms with Gasteiger partial charge in [0.1, 0.15) is 5.84 Å². The lowest BCUT2D eigenvalue weighted by atomic mass is 9.96. The van der Waals surface area contributed by atoms with E-state index in [9.17, 15) is 4.79 Å². The van der Waals surface area contributed by atoms with Crippen molar-refractivity contribution in [3.05, 3.63) is 0 Å². The zero-order chi connectivity index (χ0) is 12.1. The Balaban J connectivity index is 2.46. The van der Waals surface area contributed by atoms with Crippen LogP contribution in [0.1, 0.15) is 19.8 Å². The lowest BCUT2D eigenvalue weighted by molar-refractivity contribution is 0.149. The van der Waals surface area contributed by atoms with Crippen molar-refractivity contribution in [2.75, 3.05) is 26.7 Å². The average molecular weight is 228 g/mol. The van der Waals surface area contributed by atoms with Crippen LogP contribution in [0.3, 0.4) is 0 Å². The fraction of sp³-hybridized carbons (Fsp3) is 0.800. The molecule has 3 N–H and O–H groups in total. The fourth-order valence-corrected chi connectivity index (χ4v) is 1.82. The Morgan fingerprint density at radius 1 is 1.56 bits per heavy atom. The molecule has 0 aromatic carbocycles. The van der Waals surface area contributed by atoms with Crippen LogP contribution in [-0.2, 0) is 0 Å². The molecule has 0 spiro atoms. The molecule has 6 nitrogen and oxygen atoms in total. The van der Waals surface area contributed by atoms with E-state index < -0.39 is 0 Å². The molecule has 1 heterocycles. The van der Waals surface area contributed by atoms with Gasteiger partial charge in [-0.25, -0.2) is 4.79 Å². The Kier molecular flexibility index (Phi) is 4.39. The molecule has 1 fully saturated rings. The van der Waals surface area contributed by atoms with Gasteiger partial charge in [0.25, 0.3) is 0 Å². The number of piperidine rings is 1. The number of amides is 2. The van der Waals surface area contributed by atoms with Crippen LogP contribution in [0.2, 0.25) is 0 Å². The molecule has 1 aliphatic heterocycles. The van der Waals surface area contributed by atoms with Crippen molar-refractivity contribution >= 4 is 11.9 Å². The van der Waals surface area contributed by atoms with Crippen molar-refractivity contribution in [3.8, 4) is 0 Å². The topological polar surface area (TPSA) is 82.2 Å². The predicted octanol–water partition coefficient (Wildman–Crippen LogP) is 0.516. The molecule has 2 amide bonds. The lowest BCUT2D eigenvalue weighted by Gasteiger charge is -2.33. The normalized spacial score (nSPS) is 18.6. The second-order valence-corrected chi connectivity index (χ2v) is 4.08. The standard InChI is InChI=1S/C10H20N4O2/c1-3-13(2)10(15)14-6-4-8(5-7-14)9(11)12-16/h8,16H,3-7H2,1-2H3,(H2,11,12). The monoisotopic (exact) mass is 228 g/mol. The van der Waals surface area contributed by atoms with Gasteiger partial charge in [0.2, 0.25) is 0 Å². The van der Waals surface area contributed by atoms with E-state index in [2.05, 4.69) is 5.16 Å². The Morgan fingerprint density at radius 3 is 2.56 bits per heavy atom. The fourth-order valence-electron chi connectivity index (χ4n) is 1.82. The third kappa shape index (κ3) is 2.77. The van der Waals surface area contributed by atoms with Gasteiger partial charge in [0, 0.05) is 32.6 Å². The van der Waals surface area contributed by atoms with Crippen LogP contribution in [0.4, 0.5) is 4.79 Å². The molecule has 0 atom stereocenters. The van der Waals surface area contributed by atoms with Crippen molar-refractivity contribution < 1.29 is 10.0 Å². The van der Waals surface area contributed by atoms with Gasteiger partial charge in [-0.05, 0) is 19.8 Å². The maximum absolute atomic E-state index is 11.8. The number of nitrogens with zero attached hydrogens (tertiary/aromatic N) is 3. The van der Waals surface area contributed by atoms with Crippen molar-refractivity contribution in [2.24, 2.45) is 16.8 Å². The van der Waals surface area contributed by atoms with Crippen molar-refractivity contribution in [1.82, 2.24) is 9.80 Å². The average Bonchev–Trinajstić information content (AvgIpc) is 2.36. The molecule has 1 rings (SSSR count). The number of rotatable bonds is 2. The predicted molar refractivity (Wildman–Crippen MR) is 61.4 cm³/mol. The number of hydrogen-bond donors (Lipinski definition) is 2. The molecule has 92 valence electrons. The molecule has 0 unspecified atom stereocenters. The summed E-state index contributed by atoms with van der Waals surface area (Å²) in [5.74, 6) is 0.372. The summed E-state index contributed by atoms with van der Waals surface area (Å²) in [4.78, 5) is 15.3. The highest BCUT2D eigenvalue weighted by Crippen LogP contribution is 2.18. The first-order chi connectivity index (χ1) is 7.60. The molecule has 1 aliphatic rings. The van der Waals surface area contributed by atoms with Gasteiger partial charge in [0.05, 0.1) is 0 Å². The van der Waals surface area contributed by atoms with Gasteiger partial charge >= 0.3 is 6.03 Å². The van der Waals surface area contributed by atoms with Crippen LogP contribution in [0.15, 0.2) is 5.16 Å². The highest BCUT2D eigenvalue weighted by atomic mass is 16.4. The Bertz CT molecular complexity index is 272. The van der Waals surface area contributed by atoms with E-state index in [0.717, 1.165) is 12.8 Å². The van der Waals surface area contributed by atoms with Crippen LogP contribution in [0, 0.1) is 5.92 Å². The molecule has 6 heteroatoms. The third-order valence-corrected chi connectivity index (χ3v) is 3.10. The molecule has 0 radical (unpaired) electrons. The smallest absolute Gasteiger partial charge is 0.319 e. The van der Waals surface area contributed by atoms with Gasteiger partial charge in [-0.2, -0.15) is 0 Å². The second-order valence-electron chi connectivity index (χ2n) is 4.08. The summed E-state index contributed by atoms with van der Waals surface area (Å²) in [5, 5.41) is 11.6. The minimum absolute atomic E-state index is 0.0560. The van der Waals surface area contributed by atoms with E-state index >= 15 is 0 Å². The minimum Gasteiger partial charge on any atom is -0.409 e. The summed E-state index contributed by atoms with van der Waals surface area (Å²) in [5.41, 5.74) is 5.54. The number of carbonyl (C=O) groups excluding carboxylic acids is 1. The Hall–Kier alpha value is -1.46. The number of nitrogens with two attached hydrogens (primary N) is 1. The van der Waals surface area contributed by atoms with Crippen molar-refractivity contribution in [1.29, 1.82) is 0 Å². The van der Waals surface area contributed by atoms with Gasteiger partial charge in [-0.1, -0.05) is 5.16 Å². The summed E-state index contributed by atoms with van der Waals surface area (Å²) in [6.07, 6.45) is 1.53. The van der Waals surface area contributed by atoms with Crippen LogP contribution < -0.4 is 5.73 Å². The summed E-state index contributed by atoms with van der Waals surface area (Å²) < 4.78 is 0. The number of oxime groups is 1. The van der Waals surface area contributed by atoms with E-state index in [1.165, 1.54) is 0 Å². The van der Waals surface area contributed by atoms with E-state index in [0.29, 0.717) is 19.6 Å². The largest absolute Gasteiger partial charge is 0.409 e. The molecule has 0 bridgehead atoms. The highest BCUT2D eigenvalue weighted by Gasteiger charge is 2.26. The van der Waals surface area contributed by atoms with Crippen molar-refractivity contribution in [3.63, 3.8) is 0 Å². The van der Waals surface area contributed by atoms with Crippen molar-refractivity contribution in [2.45, 2.75) is 19.8 Å². The van der Waals surface area contributed by atoms with Crippen LogP contribution >= 0.6 is 0 Å². The highest BCUT2D eigenvalue weighted by molar-refractivity contribution is 5.82. The molecule has 0 aromatic heterocycles. The zero-order valence-corrected chi connectivity index (χ0v) is 9.89. The van der Waals surface area contributed by atoms with E-state index in [4.69, 9.17) is 10.9 Å². The molecular weight excluding hydrogens is 208 g/mol. The quantitative estimate of drug-likeness (QED) is 0.313. The summed E-state index contributed by atoms with van der Waals surface area (Å²) in [7, 11) is 1.79. The van der Waals surface area contributed by atoms with Gasteiger partial charge in [-0.15, -0.1) is 0 Å². The first-order valence-corrected chi connectivity index (χ1v) is 5.57. The van der Waals surface area contributed by atoms with E-state index in [-0.39, 0.29) is 17.8 Å². The number of likely N-dealkylation sites (tertiary alicyclic amines) is 1. The van der Waals surface area contributed by atoms with Gasteiger partial charge in [-0.3, -0.25) is 0 Å². The first kappa shape index (κ1) is 12.6. The number of carbonyl (C=O) groups is 1. The Labute approximate surface area is 95.7 Å². The first-order valence-electron chi connectivity index (χ1n) is 5.57. The zero-order valence-electron chi connectivity index (χ0n) is 9.89. The summed E-state index contributed by atoms with van der Waals surface area (Å²) >= 11 is 0. The lowest BCUT2D eigenvalue weighted by Crippen LogP contribution is -2.46. The number of hydrogen-bond acceptors (Lipinski definition) is 3. The molecule has 0 aliphatic carbocycles. The van der Waals surface area contributed by atoms with E-state index in [1.54, 1.807) is 11.9 Å². The number of urea groups is 1. The molecular formula is C10H20N4O2. The summed E-state index contributed by atoms with van der Waals surface area (Å²) in [6, 6.07) is 0.0560. The Morgan fingerprint density at radius 2 is 2.12 bits per heavy atom. The van der Waals surface area contributed by atoms with Crippen LogP contribution in [-0.4, -0.2) is 53.6 Å². The third-order valence-electron chi connectivity index (χ3n) is 3.10. The van der Waals surface area contributed by atoms with Crippen LogP contribution in [0.25, 0.3) is 0 Å². The van der Waals surface area contributed by atoms with Gasteiger partial charge in [0.15, 0.2) is 0 Å². The molecule has 0 saturated carbocycles. The SMILES string of the molecule is CCN(C)C(=O)N1CCC(C(N)=NO)CC1. The maximum atomic E-state index is 11.8. The molecule has 0 aromatic rings. The molecule has 1 saturated heterocycles. The second kappa shape index (κ2) is 5.58. The molecule has 16 heavy (non-hydrogen) atoms. The van der Waals surface area contributed by atoms with Crippen LogP contribution in [0.5, 0.6) is 0 Å². The van der Waals surface area contributed by atoms with E-state index in [1.807, 2.05) is 11.8 Å². The number of amidine groups is 1. The minimum atomic E-state index is 0.0560. The van der Waals surface area contributed by atoms with Gasteiger partial charge < -0.3 is 20.7 Å².